The van der Waals surface area contributed by atoms with Crippen LogP contribution in [0.3, 0.4) is 0 Å². The lowest BCUT2D eigenvalue weighted by Crippen LogP contribution is -2.25. The molecular formula is C19H24BrCl2N5. The molecule has 0 radical (unpaired) electrons. The smallest absolute Gasteiger partial charge is 0.224 e. The Morgan fingerprint density at radius 3 is 2.59 bits per heavy atom. The second-order valence-corrected chi connectivity index (χ2v) is 8.68. The fraction of sp³-hybridized carbons (Fsp3) is 0.474. The summed E-state index contributed by atoms with van der Waals surface area (Å²) in [5, 5.41) is 7.98. The normalized spacial score (nSPS) is 19.7. The van der Waals surface area contributed by atoms with Crippen LogP contribution in [0.4, 0.5) is 11.8 Å². The molecule has 0 unspecified atom stereocenters. The maximum absolute atomic E-state index is 6.21. The average Bonchev–Trinajstić information content (AvgIpc) is 2.69. The molecule has 0 saturated heterocycles. The second-order valence-electron chi connectivity index (χ2n) is 6.98. The summed E-state index contributed by atoms with van der Waals surface area (Å²) in [7, 11) is 0. The lowest BCUT2D eigenvalue weighted by Gasteiger charge is -2.27. The van der Waals surface area contributed by atoms with Gasteiger partial charge >= 0.3 is 0 Å². The zero-order valence-corrected chi connectivity index (χ0v) is 18.1. The Balaban J connectivity index is 1.56. The minimum atomic E-state index is 0.504. The Morgan fingerprint density at radius 2 is 1.85 bits per heavy atom. The van der Waals surface area contributed by atoms with Crippen molar-refractivity contribution < 1.29 is 0 Å². The van der Waals surface area contributed by atoms with Gasteiger partial charge < -0.3 is 16.4 Å². The predicted molar refractivity (Wildman–Crippen MR) is 117 cm³/mol. The molecule has 1 aromatic carbocycles. The molecule has 0 atom stereocenters. The van der Waals surface area contributed by atoms with Gasteiger partial charge in [-0.3, -0.25) is 0 Å². The molecule has 5 nitrogen and oxygen atoms in total. The molecule has 1 heterocycles. The first-order chi connectivity index (χ1) is 13.0. The van der Waals surface area contributed by atoms with Gasteiger partial charge in [0.2, 0.25) is 5.95 Å². The maximum Gasteiger partial charge on any atom is 0.224 e. The van der Waals surface area contributed by atoms with Crippen LogP contribution in [-0.4, -0.2) is 23.1 Å². The van der Waals surface area contributed by atoms with Crippen LogP contribution in [0, 0.1) is 11.8 Å². The number of nitrogens with two attached hydrogens (primary N) is 1. The van der Waals surface area contributed by atoms with E-state index in [-0.39, 0.29) is 0 Å². The van der Waals surface area contributed by atoms with Crippen molar-refractivity contribution in [2.45, 2.75) is 32.2 Å². The summed E-state index contributed by atoms with van der Waals surface area (Å²) in [6.45, 7) is 2.22. The van der Waals surface area contributed by atoms with Crippen LogP contribution < -0.4 is 16.4 Å². The highest BCUT2D eigenvalue weighted by molar-refractivity contribution is 9.10. The Morgan fingerprint density at radius 1 is 1.11 bits per heavy atom. The zero-order valence-electron chi connectivity index (χ0n) is 15.0. The number of rotatable bonds is 7. The van der Waals surface area contributed by atoms with Crippen LogP contribution in [0.2, 0.25) is 10.0 Å². The molecule has 1 aromatic heterocycles. The van der Waals surface area contributed by atoms with Crippen LogP contribution in [0.1, 0.15) is 31.2 Å². The number of benzene rings is 1. The largest absolute Gasteiger partial charge is 0.369 e. The number of aromatic nitrogens is 2. The average molecular weight is 473 g/mol. The Hall–Kier alpha value is -1.08. The van der Waals surface area contributed by atoms with Crippen molar-refractivity contribution in [3.63, 3.8) is 0 Å². The van der Waals surface area contributed by atoms with Gasteiger partial charge in [-0.1, -0.05) is 23.2 Å². The molecule has 0 amide bonds. The van der Waals surface area contributed by atoms with E-state index < -0.39 is 0 Å². The van der Waals surface area contributed by atoms with Gasteiger partial charge in [-0.05, 0) is 83.8 Å². The number of hydrogen-bond acceptors (Lipinski definition) is 5. The van der Waals surface area contributed by atoms with Crippen LogP contribution in [0.25, 0.3) is 0 Å². The molecule has 1 saturated carbocycles. The summed E-state index contributed by atoms with van der Waals surface area (Å²) < 4.78 is 0.851. The van der Waals surface area contributed by atoms with E-state index in [1.165, 1.54) is 25.7 Å². The van der Waals surface area contributed by atoms with E-state index in [0.29, 0.717) is 34.4 Å². The third-order valence-corrected chi connectivity index (χ3v) is 6.23. The number of nitrogens with one attached hydrogen (secondary N) is 2. The van der Waals surface area contributed by atoms with E-state index in [9.17, 15) is 0 Å². The quantitative estimate of drug-likeness (QED) is 0.507. The summed E-state index contributed by atoms with van der Waals surface area (Å²) in [5.41, 5.74) is 6.68. The highest BCUT2D eigenvalue weighted by atomic mass is 79.9. The summed E-state index contributed by atoms with van der Waals surface area (Å²) in [6.07, 6.45) is 6.64. The Kier molecular flexibility index (Phi) is 7.58. The van der Waals surface area contributed by atoms with Crippen molar-refractivity contribution in [1.82, 2.24) is 9.97 Å². The van der Waals surface area contributed by atoms with Crippen molar-refractivity contribution in [2.75, 3.05) is 23.7 Å². The third kappa shape index (κ3) is 5.95. The van der Waals surface area contributed by atoms with Crippen molar-refractivity contribution in [3.8, 4) is 0 Å². The predicted octanol–water partition coefficient (Wildman–Crippen LogP) is 5.34. The number of anilines is 2. The molecule has 0 spiro atoms. The molecule has 1 aliphatic carbocycles. The molecule has 27 heavy (non-hydrogen) atoms. The van der Waals surface area contributed by atoms with Gasteiger partial charge in [-0.25, -0.2) is 4.98 Å². The molecule has 146 valence electrons. The minimum absolute atomic E-state index is 0.504. The monoisotopic (exact) mass is 471 g/mol. The molecular weight excluding hydrogens is 449 g/mol. The highest BCUT2D eigenvalue weighted by Crippen LogP contribution is 2.29. The molecule has 2 aromatic rings. The molecule has 0 bridgehead atoms. The maximum atomic E-state index is 6.21. The van der Waals surface area contributed by atoms with Crippen molar-refractivity contribution in [2.24, 2.45) is 17.6 Å². The van der Waals surface area contributed by atoms with Crippen molar-refractivity contribution in [1.29, 1.82) is 0 Å². The number of nitrogens with zero attached hydrogens (tertiary/aromatic N) is 2. The van der Waals surface area contributed by atoms with Crippen LogP contribution in [0.5, 0.6) is 0 Å². The highest BCUT2D eigenvalue weighted by Gasteiger charge is 2.20. The Bertz CT molecular complexity index is 766. The van der Waals surface area contributed by atoms with Gasteiger partial charge in [-0.15, -0.1) is 0 Å². The van der Waals surface area contributed by atoms with Crippen molar-refractivity contribution in [3.05, 3.63) is 44.5 Å². The molecule has 4 N–H and O–H groups in total. The van der Waals surface area contributed by atoms with Gasteiger partial charge in [0.15, 0.2) is 0 Å². The summed E-state index contributed by atoms with van der Waals surface area (Å²) in [4.78, 5) is 8.90. The molecule has 3 rings (SSSR count). The summed E-state index contributed by atoms with van der Waals surface area (Å²) in [6, 6.07) is 5.40. The van der Waals surface area contributed by atoms with Gasteiger partial charge in [0.1, 0.15) is 5.82 Å². The molecule has 1 fully saturated rings. The van der Waals surface area contributed by atoms with Gasteiger partial charge in [-0.2, -0.15) is 4.98 Å². The first-order valence-corrected chi connectivity index (χ1v) is 10.7. The fourth-order valence-corrected chi connectivity index (χ4v) is 4.05. The van der Waals surface area contributed by atoms with Gasteiger partial charge in [0, 0.05) is 29.3 Å². The van der Waals surface area contributed by atoms with E-state index in [0.717, 1.165) is 28.9 Å². The van der Waals surface area contributed by atoms with E-state index >= 15 is 0 Å². The van der Waals surface area contributed by atoms with E-state index in [2.05, 4.69) is 36.5 Å². The van der Waals surface area contributed by atoms with Crippen LogP contribution in [0.15, 0.2) is 28.9 Å². The topological polar surface area (TPSA) is 75.9 Å². The van der Waals surface area contributed by atoms with E-state index in [1.807, 2.05) is 6.07 Å². The lowest BCUT2D eigenvalue weighted by atomic mass is 9.82. The van der Waals surface area contributed by atoms with E-state index in [1.54, 1.807) is 18.3 Å². The van der Waals surface area contributed by atoms with Gasteiger partial charge in [0.25, 0.3) is 0 Å². The standard InChI is InChI=1S/C19H24BrCl2N5/c20-16-11-26-19(25-10-14-7-15(21)5-6-17(14)22)27-18(16)24-9-13-3-1-12(8-23)2-4-13/h5-7,11-13H,1-4,8-10,23H2,(H2,24,25,26,27). The number of hydrogen-bond donors (Lipinski definition) is 3. The lowest BCUT2D eigenvalue weighted by molar-refractivity contribution is 0.289. The molecule has 0 aliphatic heterocycles. The van der Waals surface area contributed by atoms with Crippen LogP contribution in [-0.2, 0) is 6.54 Å². The molecule has 1 aliphatic rings. The Labute approximate surface area is 178 Å². The first kappa shape index (κ1) is 20.6. The minimum Gasteiger partial charge on any atom is -0.369 e. The summed E-state index contributed by atoms with van der Waals surface area (Å²) in [5.74, 6) is 2.70. The fourth-order valence-electron chi connectivity index (χ4n) is 3.34. The van der Waals surface area contributed by atoms with Gasteiger partial charge in [0.05, 0.1) is 4.47 Å². The van der Waals surface area contributed by atoms with Crippen LogP contribution >= 0.6 is 39.1 Å². The first-order valence-electron chi connectivity index (χ1n) is 9.19. The number of halogens is 3. The zero-order chi connectivity index (χ0) is 19.2. The van der Waals surface area contributed by atoms with Crippen molar-refractivity contribution >= 4 is 50.9 Å². The second kappa shape index (κ2) is 9.92. The third-order valence-electron chi connectivity index (χ3n) is 5.05. The summed E-state index contributed by atoms with van der Waals surface area (Å²) >= 11 is 15.8. The van der Waals surface area contributed by atoms with E-state index in [4.69, 9.17) is 28.9 Å². The SMILES string of the molecule is NCC1CCC(CNc2nc(NCc3cc(Cl)ccc3Cl)ncc2Br)CC1. The molecule has 8 heteroatoms.